The van der Waals surface area contributed by atoms with E-state index in [1.807, 2.05) is 7.05 Å². The van der Waals surface area contributed by atoms with Crippen LogP contribution in [0.5, 0.6) is 0 Å². The van der Waals surface area contributed by atoms with Crippen LogP contribution in [0.1, 0.15) is 69.2 Å². The van der Waals surface area contributed by atoms with Crippen LogP contribution in [-0.4, -0.2) is 50.2 Å². The molecule has 0 saturated carbocycles. The minimum atomic E-state index is -0.231. The number of rotatable bonds is 18. The van der Waals surface area contributed by atoms with Crippen molar-refractivity contribution in [1.82, 2.24) is 20.3 Å². The molecule has 1 heterocycles. The molecule has 0 radical (unpaired) electrons. The van der Waals surface area contributed by atoms with E-state index >= 15 is 0 Å². The third-order valence-electron chi connectivity index (χ3n) is 8.92. The van der Waals surface area contributed by atoms with Gasteiger partial charge >= 0.3 is 0 Å². The first kappa shape index (κ1) is 35.4. The number of ether oxygens (including phenoxy) is 1. The predicted octanol–water partition coefficient (Wildman–Crippen LogP) is 8.18. The summed E-state index contributed by atoms with van der Waals surface area (Å²) in [6, 6.07) is 22.9. The topological polar surface area (TPSA) is 58.5 Å². The van der Waals surface area contributed by atoms with Gasteiger partial charge in [-0.05, 0) is 100 Å². The number of fused-ring (bicyclic) bond motifs is 1. The third-order valence-corrected chi connectivity index (χ3v) is 8.92. The SMILES string of the molecule is CCn1c(-c2ccccc2CN(C)C)c(CC(C)(C)COC=O)c2cc(-c3cc(C)cc(CC(C)CCCCNNC)c3)ccc21. The molecule has 3 aromatic carbocycles. The summed E-state index contributed by atoms with van der Waals surface area (Å²) >= 11 is 0. The van der Waals surface area contributed by atoms with Crippen molar-refractivity contribution in [3.8, 4) is 22.4 Å². The number of carbonyl (C=O) groups excluding carboxylic acids is 1. The van der Waals surface area contributed by atoms with Crippen molar-refractivity contribution in [2.45, 2.75) is 79.8 Å². The zero-order valence-corrected chi connectivity index (χ0v) is 29.5. The maximum Gasteiger partial charge on any atom is 0.293 e. The normalized spacial score (nSPS) is 12.6. The monoisotopic (exact) mass is 624 g/mol. The fourth-order valence-electron chi connectivity index (χ4n) is 6.92. The van der Waals surface area contributed by atoms with Gasteiger partial charge in [-0.3, -0.25) is 15.6 Å². The van der Waals surface area contributed by atoms with E-state index in [9.17, 15) is 4.79 Å². The van der Waals surface area contributed by atoms with Crippen LogP contribution in [0.15, 0.2) is 60.7 Å². The number of hydrazine groups is 1. The first-order chi connectivity index (χ1) is 22.1. The molecule has 1 unspecified atom stereocenters. The molecule has 0 spiro atoms. The van der Waals surface area contributed by atoms with Crippen LogP contribution in [0, 0.1) is 18.3 Å². The number of hydrogen-bond acceptors (Lipinski definition) is 5. The van der Waals surface area contributed by atoms with E-state index in [1.54, 1.807) is 0 Å². The Morgan fingerprint density at radius 2 is 1.80 bits per heavy atom. The van der Waals surface area contributed by atoms with Gasteiger partial charge in [0.1, 0.15) is 0 Å². The van der Waals surface area contributed by atoms with Gasteiger partial charge in [0, 0.05) is 41.5 Å². The minimum absolute atomic E-state index is 0.231. The second-order valence-electron chi connectivity index (χ2n) is 14.1. The summed E-state index contributed by atoms with van der Waals surface area (Å²) in [6.45, 7) is 14.9. The summed E-state index contributed by atoms with van der Waals surface area (Å²) < 4.78 is 7.81. The molecule has 4 rings (SSSR count). The van der Waals surface area contributed by atoms with Gasteiger partial charge in [0.2, 0.25) is 0 Å². The average Bonchev–Trinajstić information content (AvgIpc) is 3.31. The summed E-state index contributed by atoms with van der Waals surface area (Å²) in [4.78, 5) is 13.4. The molecule has 6 heteroatoms. The number of aromatic nitrogens is 1. The summed E-state index contributed by atoms with van der Waals surface area (Å²) in [5.74, 6) is 0.637. The molecule has 0 bridgehead atoms. The summed E-state index contributed by atoms with van der Waals surface area (Å²) in [7, 11) is 6.17. The number of nitrogens with zero attached hydrogens (tertiary/aromatic N) is 2. The largest absolute Gasteiger partial charge is 0.467 e. The van der Waals surface area contributed by atoms with Crippen LogP contribution < -0.4 is 10.9 Å². The van der Waals surface area contributed by atoms with Gasteiger partial charge in [0.25, 0.3) is 6.47 Å². The van der Waals surface area contributed by atoms with Crippen molar-refractivity contribution in [2.24, 2.45) is 11.3 Å². The molecule has 0 saturated heterocycles. The molecule has 46 heavy (non-hydrogen) atoms. The average molecular weight is 625 g/mol. The summed E-state index contributed by atoms with van der Waals surface area (Å²) in [5, 5.41) is 1.28. The molecular weight excluding hydrogens is 568 g/mol. The Hall–Kier alpha value is -3.45. The van der Waals surface area contributed by atoms with Crippen molar-refractivity contribution in [3.05, 3.63) is 82.9 Å². The Kier molecular flexibility index (Phi) is 12.6. The molecule has 2 N–H and O–H groups in total. The number of carbonyl (C=O) groups is 1. The van der Waals surface area contributed by atoms with Crippen molar-refractivity contribution in [1.29, 1.82) is 0 Å². The van der Waals surface area contributed by atoms with Crippen LogP contribution in [0.3, 0.4) is 0 Å². The first-order valence-corrected chi connectivity index (χ1v) is 17.0. The molecule has 1 aromatic heterocycles. The van der Waals surface area contributed by atoms with Gasteiger partial charge in [-0.25, -0.2) is 0 Å². The lowest BCUT2D eigenvalue weighted by Gasteiger charge is -2.25. The standard InChI is InChI=1S/C40H56N4O2/c1-9-44-38-18-17-32(34-22-30(3)21-31(23-34)20-29(2)14-12-13-19-42-41-6)24-36(38)37(25-40(4,5)27-46-28-45)39(44)35-16-11-10-15-33(35)26-43(7)8/h10-11,15-18,21-24,28-29,41-42H,9,12-14,19-20,25-27H2,1-8H3. The molecule has 0 aliphatic rings. The van der Waals surface area contributed by atoms with E-state index in [1.165, 1.54) is 74.8 Å². The molecule has 0 fully saturated rings. The molecule has 0 amide bonds. The third kappa shape index (κ3) is 9.09. The Balaban J connectivity index is 1.80. The molecule has 6 nitrogen and oxygen atoms in total. The summed E-state index contributed by atoms with van der Waals surface area (Å²) in [5.41, 5.74) is 17.6. The number of hydrogen-bond donors (Lipinski definition) is 2. The van der Waals surface area contributed by atoms with Crippen molar-refractivity contribution in [3.63, 3.8) is 0 Å². The zero-order valence-electron chi connectivity index (χ0n) is 29.5. The van der Waals surface area contributed by atoms with Crippen LogP contribution in [0.2, 0.25) is 0 Å². The fraction of sp³-hybridized carbons (Fsp3) is 0.475. The number of nitrogens with one attached hydrogen (secondary N) is 2. The second kappa shape index (κ2) is 16.4. The van der Waals surface area contributed by atoms with Gasteiger partial charge in [0.15, 0.2) is 0 Å². The highest BCUT2D eigenvalue weighted by Gasteiger charge is 2.27. The zero-order chi connectivity index (χ0) is 33.3. The van der Waals surface area contributed by atoms with Crippen molar-refractivity contribution >= 4 is 17.4 Å². The van der Waals surface area contributed by atoms with Crippen LogP contribution in [0.4, 0.5) is 0 Å². The van der Waals surface area contributed by atoms with E-state index in [2.05, 4.69) is 130 Å². The van der Waals surface area contributed by atoms with E-state index < -0.39 is 0 Å². The number of aryl methyl sites for hydroxylation is 2. The van der Waals surface area contributed by atoms with E-state index in [0.29, 0.717) is 19.0 Å². The fourth-order valence-corrected chi connectivity index (χ4v) is 6.92. The molecular formula is C40H56N4O2. The smallest absolute Gasteiger partial charge is 0.293 e. The van der Waals surface area contributed by atoms with Gasteiger partial charge in [-0.15, -0.1) is 0 Å². The summed E-state index contributed by atoms with van der Waals surface area (Å²) in [6.07, 6.45) is 5.53. The van der Waals surface area contributed by atoms with Crippen molar-refractivity contribution in [2.75, 3.05) is 34.3 Å². The predicted molar refractivity (Wildman–Crippen MR) is 194 cm³/mol. The minimum Gasteiger partial charge on any atom is -0.467 e. The lowest BCUT2D eigenvalue weighted by Crippen LogP contribution is -2.28. The van der Waals surface area contributed by atoms with Gasteiger partial charge in [-0.2, -0.15) is 0 Å². The van der Waals surface area contributed by atoms with Gasteiger partial charge < -0.3 is 14.2 Å². The van der Waals surface area contributed by atoms with E-state index in [-0.39, 0.29) is 5.41 Å². The van der Waals surface area contributed by atoms with E-state index in [0.717, 1.165) is 32.5 Å². The maximum atomic E-state index is 11.2. The highest BCUT2D eigenvalue weighted by molar-refractivity contribution is 5.95. The Morgan fingerprint density at radius 3 is 2.52 bits per heavy atom. The molecule has 1 atom stereocenters. The lowest BCUT2D eigenvalue weighted by molar-refractivity contribution is -0.131. The number of unbranched alkanes of at least 4 members (excludes halogenated alkanes) is 1. The van der Waals surface area contributed by atoms with Crippen LogP contribution >= 0.6 is 0 Å². The van der Waals surface area contributed by atoms with Crippen molar-refractivity contribution < 1.29 is 9.53 Å². The molecule has 248 valence electrons. The quantitative estimate of drug-likeness (QED) is 0.0664. The highest BCUT2D eigenvalue weighted by Crippen LogP contribution is 2.41. The second-order valence-corrected chi connectivity index (χ2v) is 14.1. The Labute approximate surface area is 277 Å². The molecule has 0 aliphatic heterocycles. The molecule has 0 aliphatic carbocycles. The first-order valence-electron chi connectivity index (χ1n) is 17.0. The highest BCUT2D eigenvalue weighted by atomic mass is 16.5. The molecule has 4 aromatic rings. The lowest BCUT2D eigenvalue weighted by atomic mass is 9.84. The maximum absolute atomic E-state index is 11.2. The van der Waals surface area contributed by atoms with Crippen LogP contribution in [-0.2, 0) is 35.5 Å². The Bertz CT molecular complexity index is 1590. The number of benzene rings is 3. The van der Waals surface area contributed by atoms with E-state index in [4.69, 9.17) is 4.74 Å². The van der Waals surface area contributed by atoms with Gasteiger partial charge in [0.05, 0.1) is 12.3 Å². The van der Waals surface area contributed by atoms with Gasteiger partial charge in [-0.1, -0.05) is 87.7 Å². The van der Waals surface area contributed by atoms with Crippen LogP contribution in [0.25, 0.3) is 33.3 Å². The Morgan fingerprint density at radius 1 is 1.02 bits per heavy atom.